The van der Waals surface area contributed by atoms with E-state index < -0.39 is 90.5 Å². The molecule has 3 aromatic carbocycles. The summed E-state index contributed by atoms with van der Waals surface area (Å²) >= 11 is 7.76. The van der Waals surface area contributed by atoms with E-state index in [1.165, 1.54) is 5.56 Å². The molecule has 1 aromatic heterocycles. The molecule has 2 heterocycles. The van der Waals surface area contributed by atoms with Crippen molar-refractivity contribution in [1.82, 2.24) is 77.1 Å². The van der Waals surface area contributed by atoms with E-state index in [1.54, 1.807) is 60.8 Å². The van der Waals surface area contributed by atoms with Crippen molar-refractivity contribution in [2.45, 2.75) is 140 Å². The molecule has 1 unspecified atom stereocenters. The van der Waals surface area contributed by atoms with Crippen molar-refractivity contribution in [3.05, 3.63) is 93.7 Å². The Kier molecular flexibility index (Phi) is 66.8. The lowest BCUT2D eigenvalue weighted by molar-refractivity contribution is -0.142. The number of nitrogens with zero attached hydrogens (tertiary/aromatic N) is 7. The van der Waals surface area contributed by atoms with Crippen LogP contribution in [0.15, 0.2) is 79.0 Å². The Morgan fingerprint density at radius 2 is 0.833 bits per heavy atom. The summed E-state index contributed by atoms with van der Waals surface area (Å²) in [5.74, 6) is -9.06. The van der Waals surface area contributed by atoms with Gasteiger partial charge in [-0.2, -0.15) is 0 Å². The van der Waals surface area contributed by atoms with Gasteiger partial charge in [0.1, 0.15) is 23.8 Å². The molecule has 4 aromatic rings. The highest BCUT2D eigenvalue weighted by Gasteiger charge is 2.30. The van der Waals surface area contributed by atoms with Crippen LogP contribution in [0.4, 0.5) is 21.0 Å². The second kappa shape index (κ2) is 77.8. The first kappa shape index (κ1) is 124. The van der Waals surface area contributed by atoms with Gasteiger partial charge in [-0.1, -0.05) is 41.6 Å². The van der Waals surface area contributed by atoms with Crippen LogP contribution >= 0.6 is 34.8 Å². The number of carboxylic acid groups (broad SMARTS) is 7. The van der Waals surface area contributed by atoms with E-state index in [0.717, 1.165) is 15.6 Å². The number of rotatable bonds is 81. The van der Waals surface area contributed by atoms with Gasteiger partial charge >= 0.3 is 53.8 Å². The lowest BCUT2D eigenvalue weighted by atomic mass is 10.0. The van der Waals surface area contributed by atoms with Crippen molar-refractivity contribution in [3.8, 4) is 11.3 Å². The molecular formula is C94H146IN17O31S. The Hall–Kier alpha value is -10.7. The van der Waals surface area contributed by atoms with Crippen LogP contribution in [-0.2, 0) is 124 Å². The van der Waals surface area contributed by atoms with Gasteiger partial charge in [0.25, 0.3) is 0 Å². The highest BCUT2D eigenvalue weighted by Crippen LogP contribution is 2.22. The second-order valence-corrected chi connectivity index (χ2v) is 35.0. The zero-order chi connectivity index (χ0) is 104. The topological polar surface area (TPSA) is 629 Å². The number of hydrogen-bond donors (Lipinski definition) is 17. The van der Waals surface area contributed by atoms with Crippen LogP contribution in [0.1, 0.15) is 107 Å². The molecule has 48 nitrogen and oxygen atoms in total. The lowest BCUT2D eigenvalue weighted by Gasteiger charge is -2.37. The summed E-state index contributed by atoms with van der Waals surface area (Å²) in [7, 11) is 0. The number of carboxylic acids is 7. The predicted octanol–water partition coefficient (Wildman–Crippen LogP) is 2.53. The number of anilines is 2. The van der Waals surface area contributed by atoms with Gasteiger partial charge in [0, 0.05) is 131 Å². The number of urea groups is 2. The Bertz CT molecular complexity index is 4390. The smallest absolute Gasteiger partial charge is 0.326 e. The molecule has 806 valence electrons. The normalized spacial score (nSPS) is 14.0. The number of aryl methyl sites for hydroxylation is 1. The molecule has 0 spiro atoms. The first-order valence-electron chi connectivity index (χ1n) is 48.5. The molecule has 0 aliphatic carbocycles. The van der Waals surface area contributed by atoms with Gasteiger partial charge < -0.3 is 141 Å². The molecule has 1 saturated heterocycles. The molecule has 4 atom stereocenters. The number of carbonyl (C=O) groups is 13. The number of halogens is 1. The van der Waals surface area contributed by atoms with E-state index in [4.69, 9.17) is 69.4 Å². The minimum atomic E-state index is -1.22. The molecule has 50 heteroatoms. The lowest BCUT2D eigenvalue weighted by Crippen LogP contribution is -2.53. The molecular weight excluding hydrogens is 2020 g/mol. The summed E-state index contributed by atoms with van der Waals surface area (Å²) < 4.78 is 64.4. The Morgan fingerprint density at radius 1 is 0.389 bits per heavy atom. The van der Waals surface area contributed by atoms with Crippen molar-refractivity contribution in [2.24, 2.45) is 0 Å². The van der Waals surface area contributed by atoms with Crippen LogP contribution in [0, 0.1) is 3.57 Å². The number of aromatic nitrogens is 3. The highest BCUT2D eigenvalue weighted by molar-refractivity contribution is 14.1. The van der Waals surface area contributed by atoms with E-state index in [2.05, 4.69) is 98.2 Å². The van der Waals surface area contributed by atoms with Crippen LogP contribution in [0.25, 0.3) is 11.3 Å². The summed E-state index contributed by atoms with van der Waals surface area (Å²) in [6, 6.07) is 17.6. The third kappa shape index (κ3) is 62.9. The molecule has 0 bridgehead atoms. The average Bonchev–Trinajstić information content (AvgIpc) is 1.80. The minimum Gasteiger partial charge on any atom is -0.481 e. The van der Waals surface area contributed by atoms with Gasteiger partial charge in [0.15, 0.2) is 5.11 Å². The number of benzene rings is 3. The van der Waals surface area contributed by atoms with Crippen molar-refractivity contribution >= 4 is 129 Å². The van der Waals surface area contributed by atoms with Crippen LogP contribution in [0.3, 0.4) is 0 Å². The minimum absolute atomic E-state index is 0.00246. The number of aliphatic carboxylic acids is 7. The molecule has 5 rings (SSSR count). The van der Waals surface area contributed by atoms with E-state index in [1.807, 2.05) is 30.3 Å². The van der Waals surface area contributed by atoms with Gasteiger partial charge in [-0.3, -0.25) is 62.8 Å². The number of hydrogen-bond acceptors (Lipinski definition) is 31. The van der Waals surface area contributed by atoms with Crippen LogP contribution in [0.5, 0.6) is 0 Å². The van der Waals surface area contributed by atoms with E-state index in [9.17, 15) is 93.0 Å². The second-order valence-electron chi connectivity index (χ2n) is 33.3. The standard InChI is InChI=1S/C94H146IN17O31S/c95-73-22-18-70(19-23-73)10-7-16-81(113)96-28-4-1-13-77(103-82(114)26-40-133-44-48-137-51-47-136-43-39-112-65-80(106-107-112)72-11-8-12-75(63-72)101-92(131)98-29-5-2-15-79(91(129)130)105-93(132)99-31-9-17-84(116)117)89(126)97-32-42-135-46-50-139-53-55-141-57-59-143-61-60-142-58-56-140-54-52-138-49-45-134-41-27-83(115)104-78(90(127)128)14-3-6-30-100-94(144)102-74-24-20-71(21-25-74)62-76-64-110(68-87(122)123)36-35-108(66-85(118)119)33-34-109(67-86(120)121)37-38-111(76)69-88(124)125/h8,11-12,18-25,63,65,76-79H,1-7,9-10,13-17,26-62,64,66-69H2,(H,96,113)(H,97,126)(H,103,114)(H,104,115)(H,116,117)(H,118,119)(H,120,121)(H,122,123)(H,124,125)(H,127,128)(H,129,130)(H2,98,101,131)(H2,99,105,132)(H2,100,102,144)/t76?,77-,78-,79-/m0/s1. The fraction of sp³-hybridized carbons (Fsp3) is 0.638. The summed E-state index contributed by atoms with van der Waals surface area (Å²) in [5, 5.41) is 103. The molecule has 8 amide bonds. The maximum Gasteiger partial charge on any atom is 0.326 e. The SMILES string of the molecule is O=C(O)CCCNC(=O)N[C@@H](CCCCNC(=O)Nc1cccc(-c2cn(CCOCCOCCOCCC(=O)N[C@@H](CCCCNC(=O)CCCc3ccc(I)cc3)C(=O)NCCOCCOCCOCCOCCOCCOCCOCCOCCC(=O)N[C@@H](CCCCNC(=S)Nc3ccc(CC4CN(CC(=O)O)CCN(CC(=O)O)CCN(CC(=O)O)CCN4CC(=O)O)cc3)C(=O)O)nn2)c1)C(=O)O. The molecule has 1 aliphatic rings. The molecule has 1 aliphatic heterocycles. The predicted molar refractivity (Wildman–Crippen MR) is 536 cm³/mol. The monoisotopic (exact) mass is 2170 g/mol. The first-order chi connectivity index (χ1) is 69.5. The van der Waals surface area contributed by atoms with Gasteiger partial charge in [-0.25, -0.2) is 23.9 Å². The van der Waals surface area contributed by atoms with Crippen LogP contribution in [-0.4, -0.2) is 427 Å². The van der Waals surface area contributed by atoms with Crippen molar-refractivity contribution in [3.63, 3.8) is 0 Å². The Morgan fingerprint density at radius 3 is 1.35 bits per heavy atom. The van der Waals surface area contributed by atoms with Gasteiger partial charge in [0.2, 0.25) is 23.6 Å². The van der Waals surface area contributed by atoms with Gasteiger partial charge in [-0.15, -0.1) is 5.10 Å². The number of amides is 8. The quantitative estimate of drug-likeness (QED) is 0.0171. The van der Waals surface area contributed by atoms with Crippen LogP contribution < -0.4 is 53.2 Å². The Balaban J connectivity index is 0.824. The third-order valence-electron chi connectivity index (χ3n) is 21.7. The maximum atomic E-state index is 13.4. The molecule has 0 radical (unpaired) electrons. The molecule has 0 saturated carbocycles. The van der Waals surface area contributed by atoms with E-state index >= 15 is 0 Å². The number of unbranched alkanes of at least 4 members (excludes halogenated alkanes) is 3. The zero-order valence-corrected chi connectivity index (χ0v) is 84.7. The number of nitrogens with one attached hydrogen (secondary N) is 10. The summed E-state index contributed by atoms with van der Waals surface area (Å²) in [4.78, 5) is 165. The molecule has 17 N–H and O–H groups in total. The average molecular weight is 2170 g/mol. The Labute approximate surface area is 856 Å². The zero-order valence-electron chi connectivity index (χ0n) is 81.8. The largest absolute Gasteiger partial charge is 0.481 e. The summed E-state index contributed by atoms with van der Waals surface area (Å²) in [6.07, 6.45) is 7.55. The fourth-order valence-corrected chi connectivity index (χ4v) is 14.8. The summed E-state index contributed by atoms with van der Waals surface area (Å²) in [5.41, 5.74) is 4.36. The van der Waals surface area contributed by atoms with Crippen molar-refractivity contribution in [1.29, 1.82) is 0 Å². The number of carbonyl (C=O) groups excluding carboxylic acids is 6. The van der Waals surface area contributed by atoms with Crippen molar-refractivity contribution < 1.29 is 150 Å². The maximum absolute atomic E-state index is 13.4. The van der Waals surface area contributed by atoms with Gasteiger partial charge in [0.05, 0.1) is 184 Å². The number of ether oxygens (including phenoxy) is 11. The van der Waals surface area contributed by atoms with E-state index in [-0.39, 0.29) is 201 Å². The van der Waals surface area contributed by atoms with E-state index in [0.29, 0.717) is 197 Å². The van der Waals surface area contributed by atoms with Crippen LogP contribution in [0.2, 0.25) is 0 Å². The first-order valence-corrected chi connectivity index (χ1v) is 50.0. The summed E-state index contributed by atoms with van der Waals surface area (Å²) in [6.45, 7) is 7.63. The van der Waals surface area contributed by atoms with Crippen molar-refractivity contribution in [2.75, 3.05) is 261 Å². The third-order valence-corrected chi connectivity index (χ3v) is 22.7. The highest BCUT2D eigenvalue weighted by atomic mass is 127. The molecule has 144 heavy (non-hydrogen) atoms. The molecule has 1 fully saturated rings. The van der Waals surface area contributed by atoms with Gasteiger partial charge in [-0.05, 0) is 166 Å². The fourth-order valence-electron chi connectivity index (χ4n) is 14.3. The number of thiocarbonyl (C=S) groups is 1.